The number of halogens is 2. The van der Waals surface area contributed by atoms with E-state index in [4.69, 9.17) is 32.7 Å². The zero-order valence-corrected chi connectivity index (χ0v) is 22.0. The molecule has 1 fully saturated rings. The molecule has 3 aromatic carbocycles. The van der Waals surface area contributed by atoms with Crippen molar-refractivity contribution < 1.29 is 23.9 Å². The molecule has 10 heteroatoms. The second-order valence-corrected chi connectivity index (χ2v) is 9.70. The Labute approximate surface area is 228 Å². The average molecular weight is 557 g/mol. The molecule has 7 nitrogen and oxygen atoms in total. The molecule has 1 N–H and O–H groups in total. The van der Waals surface area contributed by atoms with Gasteiger partial charge in [-0.25, -0.2) is 0 Å². The highest BCUT2D eigenvalue weighted by molar-refractivity contribution is 8.18. The summed E-state index contributed by atoms with van der Waals surface area (Å²) in [5.74, 6) is -0.276. The minimum absolute atomic E-state index is 0.167. The monoisotopic (exact) mass is 556 g/mol. The lowest BCUT2D eigenvalue weighted by Crippen LogP contribution is -2.36. The molecule has 1 aliphatic rings. The van der Waals surface area contributed by atoms with Crippen molar-refractivity contribution in [2.45, 2.75) is 13.5 Å². The summed E-state index contributed by atoms with van der Waals surface area (Å²) in [6.45, 7) is 2.10. The van der Waals surface area contributed by atoms with Gasteiger partial charge in [-0.15, -0.1) is 0 Å². The average Bonchev–Trinajstić information content (AvgIpc) is 3.13. The van der Waals surface area contributed by atoms with Crippen molar-refractivity contribution in [3.8, 4) is 11.5 Å². The van der Waals surface area contributed by atoms with E-state index < -0.39 is 23.6 Å². The summed E-state index contributed by atoms with van der Waals surface area (Å²) in [6, 6.07) is 19.5. The zero-order chi connectivity index (χ0) is 26.4. The molecule has 1 saturated heterocycles. The molecule has 1 heterocycles. The number of rotatable bonds is 9. The van der Waals surface area contributed by atoms with Crippen LogP contribution in [-0.2, 0) is 16.2 Å². The molecule has 0 atom stereocenters. The van der Waals surface area contributed by atoms with E-state index in [2.05, 4.69) is 5.32 Å². The number of hydrogen-bond acceptors (Lipinski definition) is 6. The predicted octanol–water partition coefficient (Wildman–Crippen LogP) is 6.65. The first-order valence-corrected chi connectivity index (χ1v) is 12.8. The quantitative estimate of drug-likeness (QED) is 0.297. The molecular weight excluding hydrogens is 535 g/mol. The Balaban J connectivity index is 1.48. The molecule has 0 saturated carbocycles. The van der Waals surface area contributed by atoms with E-state index >= 15 is 0 Å². The molecule has 0 aromatic heterocycles. The van der Waals surface area contributed by atoms with E-state index in [1.165, 1.54) is 6.08 Å². The fraction of sp³-hybridized carbons (Fsp3) is 0.148. The van der Waals surface area contributed by atoms with Crippen molar-refractivity contribution in [3.05, 3.63) is 92.8 Å². The van der Waals surface area contributed by atoms with Crippen LogP contribution in [0.5, 0.6) is 11.5 Å². The Kier molecular flexibility index (Phi) is 8.76. The van der Waals surface area contributed by atoms with Crippen LogP contribution < -0.4 is 14.8 Å². The number of thioether (sulfide) groups is 1. The number of nitrogens with one attached hydrogen (secondary N) is 1. The Morgan fingerprint density at radius 2 is 1.76 bits per heavy atom. The second kappa shape index (κ2) is 12.2. The highest BCUT2D eigenvalue weighted by Gasteiger charge is 2.36. The van der Waals surface area contributed by atoms with Crippen molar-refractivity contribution in [1.82, 2.24) is 4.90 Å². The third kappa shape index (κ3) is 6.85. The van der Waals surface area contributed by atoms with Gasteiger partial charge in [-0.1, -0.05) is 53.5 Å². The molecule has 0 unspecified atom stereocenters. The maximum atomic E-state index is 12.9. The van der Waals surface area contributed by atoms with Gasteiger partial charge in [0.25, 0.3) is 11.1 Å². The molecule has 3 aromatic rings. The van der Waals surface area contributed by atoms with Crippen LogP contribution in [0.1, 0.15) is 18.1 Å². The van der Waals surface area contributed by atoms with Crippen molar-refractivity contribution in [2.24, 2.45) is 0 Å². The first kappa shape index (κ1) is 26.6. The van der Waals surface area contributed by atoms with Gasteiger partial charge >= 0.3 is 0 Å². The van der Waals surface area contributed by atoms with Crippen molar-refractivity contribution in [3.63, 3.8) is 0 Å². The van der Waals surface area contributed by atoms with Crippen LogP contribution in [0.3, 0.4) is 0 Å². The SMILES string of the molecule is CCOc1cc(/C=C2\SC(=O)N(CC(=O)Nc3ccc(Cl)cc3)C2=O)cc(Cl)c1OCc1ccccc1. The number of imide groups is 1. The van der Waals surface area contributed by atoms with Crippen molar-refractivity contribution >= 4 is 63.8 Å². The van der Waals surface area contributed by atoms with Gasteiger partial charge in [-0.3, -0.25) is 19.3 Å². The fourth-order valence-electron chi connectivity index (χ4n) is 3.47. The minimum Gasteiger partial charge on any atom is -0.490 e. The summed E-state index contributed by atoms with van der Waals surface area (Å²) >= 11 is 13.1. The van der Waals surface area contributed by atoms with Crippen molar-refractivity contribution in [2.75, 3.05) is 18.5 Å². The van der Waals surface area contributed by atoms with Crippen LogP contribution in [0.2, 0.25) is 10.0 Å². The molecule has 0 aliphatic carbocycles. The fourth-order valence-corrected chi connectivity index (χ4v) is 4.71. The number of carbonyl (C=O) groups is 3. The predicted molar refractivity (Wildman–Crippen MR) is 146 cm³/mol. The first-order valence-electron chi connectivity index (χ1n) is 11.3. The second-order valence-electron chi connectivity index (χ2n) is 7.86. The summed E-state index contributed by atoms with van der Waals surface area (Å²) in [5.41, 5.74) is 2.03. The van der Waals surface area contributed by atoms with Crippen LogP contribution >= 0.6 is 35.0 Å². The molecule has 190 valence electrons. The van der Waals surface area contributed by atoms with Crippen LogP contribution in [0, 0.1) is 0 Å². The lowest BCUT2D eigenvalue weighted by Gasteiger charge is -2.15. The number of nitrogens with zero attached hydrogens (tertiary/aromatic N) is 1. The van der Waals surface area contributed by atoms with Gasteiger partial charge in [0.2, 0.25) is 5.91 Å². The molecule has 0 spiro atoms. The van der Waals surface area contributed by atoms with Gasteiger partial charge in [0.05, 0.1) is 16.5 Å². The van der Waals surface area contributed by atoms with Gasteiger partial charge in [-0.05, 0) is 72.3 Å². The van der Waals surface area contributed by atoms with Crippen LogP contribution in [0.25, 0.3) is 6.08 Å². The van der Waals surface area contributed by atoms with Crippen molar-refractivity contribution in [1.29, 1.82) is 0 Å². The maximum Gasteiger partial charge on any atom is 0.294 e. The van der Waals surface area contributed by atoms with E-state index in [-0.39, 0.29) is 4.91 Å². The molecule has 3 amide bonds. The van der Waals surface area contributed by atoms with Crippen LogP contribution in [0.4, 0.5) is 10.5 Å². The van der Waals surface area contributed by atoms with Crippen LogP contribution in [-0.4, -0.2) is 35.1 Å². The van der Waals surface area contributed by atoms with E-state index in [1.807, 2.05) is 37.3 Å². The highest BCUT2D eigenvalue weighted by Crippen LogP contribution is 2.39. The number of amides is 3. The molecular formula is C27H22Cl2N2O5S. The topological polar surface area (TPSA) is 84.9 Å². The third-order valence-corrected chi connectivity index (χ3v) is 6.60. The summed E-state index contributed by atoms with van der Waals surface area (Å²) in [4.78, 5) is 38.9. The summed E-state index contributed by atoms with van der Waals surface area (Å²) in [5, 5.41) is 2.93. The largest absolute Gasteiger partial charge is 0.490 e. The Bertz CT molecular complexity index is 1350. The standard InChI is InChI=1S/C27H22Cl2N2O5S/c1-2-35-22-13-18(12-21(29)25(22)36-16-17-6-4-3-5-7-17)14-23-26(33)31(27(34)37-23)15-24(32)30-20-10-8-19(28)9-11-20/h3-14H,2,15-16H2,1H3,(H,30,32)/b23-14-. The number of benzene rings is 3. The maximum absolute atomic E-state index is 12.9. The van der Waals surface area contributed by atoms with Gasteiger partial charge in [0.15, 0.2) is 11.5 Å². The molecule has 4 rings (SSSR count). The van der Waals surface area contributed by atoms with Gasteiger partial charge in [0.1, 0.15) is 13.2 Å². The molecule has 0 bridgehead atoms. The number of carbonyl (C=O) groups excluding carboxylic acids is 3. The lowest BCUT2D eigenvalue weighted by atomic mass is 10.1. The smallest absolute Gasteiger partial charge is 0.294 e. The minimum atomic E-state index is -0.570. The number of hydrogen-bond donors (Lipinski definition) is 1. The zero-order valence-electron chi connectivity index (χ0n) is 19.7. The summed E-state index contributed by atoms with van der Waals surface area (Å²) in [6.07, 6.45) is 1.54. The molecule has 1 aliphatic heterocycles. The van der Waals surface area contributed by atoms with Gasteiger partial charge in [-0.2, -0.15) is 0 Å². The molecule has 0 radical (unpaired) electrons. The normalized spacial score (nSPS) is 14.2. The van der Waals surface area contributed by atoms with Crippen LogP contribution in [0.15, 0.2) is 71.6 Å². The van der Waals surface area contributed by atoms with E-state index in [9.17, 15) is 14.4 Å². The van der Waals surface area contributed by atoms with E-state index in [0.717, 1.165) is 22.2 Å². The van der Waals surface area contributed by atoms with E-state index in [0.29, 0.717) is 46.0 Å². The number of ether oxygens (including phenoxy) is 2. The third-order valence-electron chi connectivity index (χ3n) is 5.16. The summed E-state index contributed by atoms with van der Waals surface area (Å²) < 4.78 is 11.7. The van der Waals surface area contributed by atoms with Gasteiger partial charge < -0.3 is 14.8 Å². The lowest BCUT2D eigenvalue weighted by molar-refractivity contribution is -0.127. The molecule has 37 heavy (non-hydrogen) atoms. The number of anilines is 1. The van der Waals surface area contributed by atoms with Gasteiger partial charge in [0, 0.05) is 10.7 Å². The Morgan fingerprint density at radius 3 is 2.46 bits per heavy atom. The Morgan fingerprint density at radius 1 is 1.03 bits per heavy atom. The first-order chi connectivity index (χ1) is 17.8. The van der Waals surface area contributed by atoms with E-state index in [1.54, 1.807) is 36.4 Å². The highest BCUT2D eigenvalue weighted by atomic mass is 35.5. The Hall–Kier alpha value is -3.46. The summed E-state index contributed by atoms with van der Waals surface area (Å²) in [7, 11) is 0.